The normalized spacial score (nSPS) is 48.6. The first-order valence-corrected chi connectivity index (χ1v) is 5.56. The molecule has 2 aliphatic heterocycles. The summed E-state index contributed by atoms with van der Waals surface area (Å²) in [6.45, 7) is 3.12. The number of rotatable bonds is 1. The van der Waals surface area contributed by atoms with Crippen LogP contribution in [0.15, 0.2) is 0 Å². The van der Waals surface area contributed by atoms with E-state index in [1.165, 1.54) is 0 Å². The average Bonchev–Trinajstić information content (AvgIpc) is 2.90. The zero-order valence-electron chi connectivity index (χ0n) is 8.37. The molecular weight excluding hydrogens is 176 g/mol. The van der Waals surface area contributed by atoms with Gasteiger partial charge in [-0.05, 0) is 32.2 Å². The van der Waals surface area contributed by atoms with Crippen molar-refractivity contribution in [1.82, 2.24) is 4.90 Å². The van der Waals surface area contributed by atoms with Crippen LogP contribution in [0.3, 0.4) is 0 Å². The molecule has 3 atom stereocenters. The molecule has 2 bridgehead atoms. The fraction of sp³-hybridized carbons (Fsp3) is 0.909. The zero-order chi connectivity index (χ0) is 9.81. The van der Waals surface area contributed by atoms with Gasteiger partial charge in [0.25, 0.3) is 0 Å². The summed E-state index contributed by atoms with van der Waals surface area (Å²) in [4.78, 5) is 2.41. The molecule has 76 valence electrons. The minimum absolute atomic E-state index is 0.360. The Balaban J connectivity index is 1.92. The molecule has 0 aromatic rings. The van der Waals surface area contributed by atoms with E-state index in [9.17, 15) is 10.4 Å². The highest BCUT2D eigenvalue weighted by atomic mass is 16.3. The molecule has 1 aliphatic carbocycles. The highest BCUT2D eigenvalue weighted by molar-refractivity contribution is 5.23. The van der Waals surface area contributed by atoms with Crippen molar-refractivity contribution >= 4 is 0 Å². The number of nitriles is 1. The first kappa shape index (κ1) is 8.70. The van der Waals surface area contributed by atoms with Gasteiger partial charge >= 0.3 is 0 Å². The van der Waals surface area contributed by atoms with E-state index in [0.717, 1.165) is 45.3 Å². The molecular formula is C11H16N2O. The van der Waals surface area contributed by atoms with Gasteiger partial charge in [0, 0.05) is 19.0 Å². The standard InChI is InChI=1S/C11H16N2O/c12-8-10(2-3-10)11(14)4-6-13-5-1-9(11)7-13/h9,14H,1-7H2. The van der Waals surface area contributed by atoms with Gasteiger partial charge in [0.2, 0.25) is 0 Å². The van der Waals surface area contributed by atoms with Gasteiger partial charge in [-0.2, -0.15) is 5.26 Å². The summed E-state index contributed by atoms with van der Waals surface area (Å²) < 4.78 is 0. The van der Waals surface area contributed by atoms with Gasteiger partial charge in [-0.3, -0.25) is 0 Å². The van der Waals surface area contributed by atoms with Gasteiger partial charge in [-0.1, -0.05) is 0 Å². The van der Waals surface area contributed by atoms with Crippen molar-refractivity contribution in [3.8, 4) is 6.07 Å². The Kier molecular flexibility index (Phi) is 1.55. The van der Waals surface area contributed by atoms with Crippen molar-refractivity contribution in [2.45, 2.75) is 31.3 Å². The second-order valence-electron chi connectivity index (χ2n) is 5.15. The molecule has 2 saturated heterocycles. The molecule has 0 radical (unpaired) electrons. The number of hydrogen-bond acceptors (Lipinski definition) is 3. The van der Waals surface area contributed by atoms with Crippen LogP contribution < -0.4 is 0 Å². The molecule has 0 aromatic heterocycles. The molecule has 2 heterocycles. The SMILES string of the molecule is N#CC1(C2(O)CCN3CCC2C3)CC1. The van der Waals surface area contributed by atoms with Crippen LogP contribution in [0.5, 0.6) is 0 Å². The van der Waals surface area contributed by atoms with Crippen molar-refractivity contribution < 1.29 is 5.11 Å². The Morgan fingerprint density at radius 2 is 2.07 bits per heavy atom. The second-order valence-corrected chi connectivity index (χ2v) is 5.15. The maximum atomic E-state index is 10.7. The van der Waals surface area contributed by atoms with Gasteiger partial charge in [0.1, 0.15) is 0 Å². The number of piperidine rings is 1. The lowest BCUT2D eigenvalue weighted by Crippen LogP contribution is -2.52. The molecule has 3 unspecified atom stereocenters. The summed E-state index contributed by atoms with van der Waals surface area (Å²) in [6, 6.07) is 2.38. The predicted molar refractivity (Wildman–Crippen MR) is 51.4 cm³/mol. The maximum absolute atomic E-state index is 10.7. The maximum Gasteiger partial charge on any atom is 0.0886 e. The van der Waals surface area contributed by atoms with Crippen LogP contribution in [0, 0.1) is 22.7 Å². The first-order chi connectivity index (χ1) is 6.70. The average molecular weight is 192 g/mol. The van der Waals surface area contributed by atoms with Crippen molar-refractivity contribution in [3.05, 3.63) is 0 Å². The molecule has 3 rings (SSSR count). The molecule has 3 aliphatic rings. The van der Waals surface area contributed by atoms with E-state index in [2.05, 4.69) is 11.0 Å². The Morgan fingerprint density at radius 3 is 2.71 bits per heavy atom. The number of fused-ring (bicyclic) bond motifs is 2. The summed E-state index contributed by atoms with van der Waals surface area (Å²) >= 11 is 0. The molecule has 0 aromatic carbocycles. The van der Waals surface area contributed by atoms with Crippen LogP contribution in [0.1, 0.15) is 25.7 Å². The quantitative estimate of drug-likeness (QED) is 0.666. The highest BCUT2D eigenvalue weighted by Gasteiger charge is 2.64. The fourth-order valence-corrected chi connectivity index (χ4v) is 3.35. The zero-order valence-corrected chi connectivity index (χ0v) is 8.37. The lowest BCUT2D eigenvalue weighted by Gasteiger charge is -2.42. The minimum atomic E-state index is -0.658. The fourth-order valence-electron chi connectivity index (χ4n) is 3.35. The summed E-state index contributed by atoms with van der Waals surface area (Å²) in [7, 11) is 0. The van der Waals surface area contributed by atoms with Crippen molar-refractivity contribution in [1.29, 1.82) is 5.26 Å². The van der Waals surface area contributed by atoms with Crippen LogP contribution in [-0.4, -0.2) is 35.2 Å². The van der Waals surface area contributed by atoms with Crippen molar-refractivity contribution in [3.63, 3.8) is 0 Å². The van der Waals surface area contributed by atoms with Crippen LogP contribution in [0.2, 0.25) is 0 Å². The summed E-state index contributed by atoms with van der Waals surface area (Å²) in [6.07, 6.45) is 3.72. The van der Waals surface area contributed by atoms with Gasteiger partial charge in [0.05, 0.1) is 17.1 Å². The van der Waals surface area contributed by atoms with E-state index < -0.39 is 5.60 Å². The molecule has 0 spiro atoms. The smallest absolute Gasteiger partial charge is 0.0886 e. The first-order valence-electron chi connectivity index (χ1n) is 5.56. The third-order valence-corrected chi connectivity index (χ3v) is 4.55. The Hall–Kier alpha value is -0.590. The van der Waals surface area contributed by atoms with Gasteiger partial charge in [0.15, 0.2) is 0 Å². The van der Waals surface area contributed by atoms with E-state index in [1.54, 1.807) is 0 Å². The second kappa shape index (κ2) is 2.50. The highest BCUT2D eigenvalue weighted by Crippen LogP contribution is 2.60. The Bertz CT molecular complexity index is 305. The topological polar surface area (TPSA) is 47.3 Å². The third kappa shape index (κ3) is 0.884. The van der Waals surface area contributed by atoms with Gasteiger partial charge in [-0.25, -0.2) is 0 Å². The van der Waals surface area contributed by atoms with Crippen LogP contribution in [-0.2, 0) is 0 Å². The predicted octanol–water partition coefficient (Wildman–Crippen LogP) is 0.747. The van der Waals surface area contributed by atoms with E-state index in [-0.39, 0.29) is 5.41 Å². The number of nitrogens with zero attached hydrogens (tertiary/aromatic N) is 2. The van der Waals surface area contributed by atoms with Crippen LogP contribution in [0.25, 0.3) is 0 Å². The largest absolute Gasteiger partial charge is 0.388 e. The van der Waals surface area contributed by atoms with E-state index >= 15 is 0 Å². The summed E-state index contributed by atoms with van der Waals surface area (Å²) in [5.74, 6) is 0.360. The third-order valence-electron chi connectivity index (χ3n) is 4.55. The monoisotopic (exact) mass is 192 g/mol. The molecule has 3 fully saturated rings. The van der Waals surface area contributed by atoms with Gasteiger partial charge < -0.3 is 10.0 Å². The summed E-state index contributed by atoms with van der Waals surface area (Å²) in [5, 5.41) is 19.9. The van der Waals surface area contributed by atoms with Gasteiger partial charge in [-0.15, -0.1) is 0 Å². The lowest BCUT2D eigenvalue weighted by molar-refractivity contribution is -0.0846. The number of aliphatic hydroxyl groups is 1. The lowest BCUT2D eigenvalue weighted by atomic mass is 9.71. The molecule has 3 nitrogen and oxygen atoms in total. The van der Waals surface area contributed by atoms with E-state index in [1.807, 2.05) is 0 Å². The van der Waals surface area contributed by atoms with E-state index in [4.69, 9.17) is 0 Å². The molecule has 3 heteroatoms. The Morgan fingerprint density at radius 1 is 1.29 bits per heavy atom. The number of hydrogen-bond donors (Lipinski definition) is 1. The summed E-state index contributed by atoms with van der Waals surface area (Å²) in [5.41, 5.74) is -1.02. The minimum Gasteiger partial charge on any atom is -0.388 e. The van der Waals surface area contributed by atoms with Crippen LogP contribution >= 0.6 is 0 Å². The van der Waals surface area contributed by atoms with Crippen molar-refractivity contribution in [2.75, 3.05) is 19.6 Å². The molecule has 14 heavy (non-hydrogen) atoms. The molecule has 1 N–H and O–H groups in total. The molecule has 1 saturated carbocycles. The van der Waals surface area contributed by atoms with Crippen LogP contribution in [0.4, 0.5) is 0 Å². The van der Waals surface area contributed by atoms with E-state index in [0.29, 0.717) is 5.92 Å². The molecule has 0 amide bonds. The van der Waals surface area contributed by atoms with Crippen molar-refractivity contribution in [2.24, 2.45) is 11.3 Å². The Labute approximate surface area is 84.3 Å².